The molecule has 0 atom stereocenters. The van der Waals surface area contributed by atoms with Crippen LogP contribution in [0.5, 0.6) is 5.75 Å². The molecule has 2 aromatic rings. The van der Waals surface area contributed by atoms with E-state index in [9.17, 15) is 14.4 Å². The van der Waals surface area contributed by atoms with Crippen LogP contribution in [0.4, 0.5) is 5.69 Å². The van der Waals surface area contributed by atoms with Gasteiger partial charge in [-0.15, -0.1) is 0 Å². The fourth-order valence-electron chi connectivity index (χ4n) is 2.40. The minimum atomic E-state index is -0.449. The predicted molar refractivity (Wildman–Crippen MR) is 83.4 cm³/mol. The molecule has 2 aromatic carbocycles. The average molecular weight is 310 g/mol. The Balaban J connectivity index is 1.69. The van der Waals surface area contributed by atoms with Gasteiger partial charge in [-0.05, 0) is 36.4 Å². The van der Waals surface area contributed by atoms with E-state index in [1.54, 1.807) is 55.6 Å². The van der Waals surface area contributed by atoms with Crippen molar-refractivity contribution in [3.63, 3.8) is 0 Å². The lowest BCUT2D eigenvalue weighted by Crippen LogP contribution is -2.37. The van der Waals surface area contributed by atoms with Crippen LogP contribution in [0.1, 0.15) is 20.7 Å². The maximum Gasteiger partial charge on any atom is 0.262 e. The Bertz CT molecular complexity index is 748. The van der Waals surface area contributed by atoms with E-state index in [1.807, 2.05) is 0 Å². The van der Waals surface area contributed by atoms with Gasteiger partial charge >= 0.3 is 0 Å². The minimum Gasteiger partial charge on any atom is -0.497 e. The number of nitrogens with zero attached hydrogens (tertiary/aromatic N) is 1. The normalized spacial score (nSPS) is 13.0. The van der Waals surface area contributed by atoms with Crippen LogP contribution in [0, 0.1) is 0 Å². The maximum absolute atomic E-state index is 12.2. The van der Waals surface area contributed by atoms with Crippen molar-refractivity contribution in [1.82, 2.24) is 4.90 Å². The van der Waals surface area contributed by atoms with Crippen LogP contribution in [-0.4, -0.2) is 36.3 Å². The summed E-state index contributed by atoms with van der Waals surface area (Å²) in [5.41, 5.74) is 1.22. The summed E-state index contributed by atoms with van der Waals surface area (Å²) in [7, 11) is 1.55. The first-order chi connectivity index (χ1) is 11.1. The van der Waals surface area contributed by atoms with E-state index in [0.29, 0.717) is 22.6 Å². The largest absolute Gasteiger partial charge is 0.497 e. The lowest BCUT2D eigenvalue weighted by molar-refractivity contribution is -0.116. The van der Waals surface area contributed by atoms with Gasteiger partial charge in [0, 0.05) is 5.69 Å². The van der Waals surface area contributed by atoms with Crippen molar-refractivity contribution in [2.45, 2.75) is 0 Å². The van der Waals surface area contributed by atoms with Gasteiger partial charge in [0.1, 0.15) is 12.3 Å². The van der Waals surface area contributed by atoms with Gasteiger partial charge in [-0.1, -0.05) is 12.1 Å². The van der Waals surface area contributed by atoms with Gasteiger partial charge in [0.25, 0.3) is 11.8 Å². The summed E-state index contributed by atoms with van der Waals surface area (Å²) in [5.74, 6) is -0.668. The number of hydrogen-bond acceptors (Lipinski definition) is 4. The molecule has 0 saturated heterocycles. The summed E-state index contributed by atoms with van der Waals surface area (Å²) in [6.07, 6.45) is 0. The number of ether oxygens (including phenoxy) is 1. The quantitative estimate of drug-likeness (QED) is 0.876. The third kappa shape index (κ3) is 2.78. The molecule has 1 aliphatic heterocycles. The van der Waals surface area contributed by atoms with Crippen LogP contribution in [0.3, 0.4) is 0 Å². The molecule has 3 rings (SSSR count). The number of nitrogens with one attached hydrogen (secondary N) is 1. The second-order valence-electron chi connectivity index (χ2n) is 5.02. The highest BCUT2D eigenvalue weighted by molar-refractivity contribution is 6.22. The standard InChI is InChI=1S/C17H14N2O4/c1-23-12-8-6-11(7-9-12)18-15(20)10-19-16(21)13-4-2-3-5-14(13)17(19)22/h2-9H,10H2,1H3,(H,18,20). The van der Waals surface area contributed by atoms with Crippen molar-refractivity contribution in [2.24, 2.45) is 0 Å². The molecule has 0 radical (unpaired) electrons. The summed E-state index contributed by atoms with van der Waals surface area (Å²) in [6, 6.07) is 13.3. The first kappa shape index (κ1) is 14.8. The molecule has 6 heteroatoms. The lowest BCUT2D eigenvalue weighted by Gasteiger charge is -2.13. The van der Waals surface area contributed by atoms with E-state index in [4.69, 9.17) is 4.74 Å². The fourth-order valence-corrected chi connectivity index (χ4v) is 2.40. The first-order valence-electron chi connectivity index (χ1n) is 6.99. The van der Waals surface area contributed by atoms with Gasteiger partial charge in [-0.2, -0.15) is 0 Å². The number of benzene rings is 2. The van der Waals surface area contributed by atoms with Gasteiger partial charge in [-0.3, -0.25) is 19.3 Å². The molecular formula is C17H14N2O4. The van der Waals surface area contributed by atoms with Crippen LogP contribution in [0.25, 0.3) is 0 Å². The zero-order valence-corrected chi connectivity index (χ0v) is 12.4. The Morgan fingerprint density at radius 3 is 2.09 bits per heavy atom. The molecule has 116 valence electrons. The number of amides is 3. The van der Waals surface area contributed by atoms with Gasteiger partial charge < -0.3 is 10.1 Å². The van der Waals surface area contributed by atoms with Crippen molar-refractivity contribution in [3.8, 4) is 5.75 Å². The molecule has 0 aromatic heterocycles. The monoisotopic (exact) mass is 310 g/mol. The molecule has 0 aliphatic carbocycles. The summed E-state index contributed by atoms with van der Waals surface area (Å²) >= 11 is 0. The molecule has 1 heterocycles. The predicted octanol–water partition coefficient (Wildman–Crippen LogP) is 1.93. The third-order valence-corrected chi connectivity index (χ3v) is 3.55. The SMILES string of the molecule is COc1ccc(NC(=O)CN2C(=O)c3ccccc3C2=O)cc1. The van der Waals surface area contributed by atoms with E-state index in [1.165, 1.54) is 0 Å². The topological polar surface area (TPSA) is 75.7 Å². The molecule has 0 bridgehead atoms. The van der Waals surface area contributed by atoms with E-state index < -0.39 is 17.7 Å². The van der Waals surface area contributed by atoms with Gasteiger partial charge in [0.2, 0.25) is 5.91 Å². The molecule has 1 aliphatic rings. The van der Waals surface area contributed by atoms with Crippen LogP contribution < -0.4 is 10.1 Å². The Morgan fingerprint density at radius 1 is 1.00 bits per heavy atom. The smallest absolute Gasteiger partial charge is 0.262 e. The van der Waals surface area contributed by atoms with Crippen molar-refractivity contribution < 1.29 is 19.1 Å². The number of imide groups is 1. The molecule has 23 heavy (non-hydrogen) atoms. The molecule has 3 amide bonds. The summed E-state index contributed by atoms with van der Waals surface area (Å²) in [6.45, 7) is -0.321. The van der Waals surface area contributed by atoms with E-state index in [-0.39, 0.29) is 6.54 Å². The second kappa shape index (κ2) is 5.92. The van der Waals surface area contributed by atoms with Gasteiger partial charge in [0.05, 0.1) is 18.2 Å². The van der Waals surface area contributed by atoms with Crippen LogP contribution in [-0.2, 0) is 4.79 Å². The number of fused-ring (bicyclic) bond motifs is 1. The van der Waals surface area contributed by atoms with Crippen molar-refractivity contribution in [2.75, 3.05) is 19.0 Å². The number of carbonyl (C=O) groups is 3. The molecule has 6 nitrogen and oxygen atoms in total. The molecule has 1 N–H and O–H groups in total. The average Bonchev–Trinajstić information content (AvgIpc) is 2.81. The number of anilines is 1. The van der Waals surface area contributed by atoms with Crippen LogP contribution in [0.15, 0.2) is 48.5 Å². The first-order valence-corrected chi connectivity index (χ1v) is 6.99. The molecule has 0 fully saturated rings. The minimum absolute atomic E-state index is 0.321. The summed E-state index contributed by atoms with van der Waals surface area (Å²) in [5, 5.41) is 2.65. The molecule has 0 saturated carbocycles. The molecular weight excluding hydrogens is 296 g/mol. The second-order valence-corrected chi connectivity index (χ2v) is 5.02. The highest BCUT2D eigenvalue weighted by Crippen LogP contribution is 2.22. The molecule has 0 spiro atoms. The summed E-state index contributed by atoms with van der Waals surface area (Å²) in [4.78, 5) is 37.4. The van der Waals surface area contributed by atoms with Crippen molar-refractivity contribution >= 4 is 23.4 Å². The van der Waals surface area contributed by atoms with Crippen molar-refractivity contribution in [3.05, 3.63) is 59.7 Å². The van der Waals surface area contributed by atoms with Gasteiger partial charge in [-0.25, -0.2) is 0 Å². The maximum atomic E-state index is 12.2. The van der Waals surface area contributed by atoms with Gasteiger partial charge in [0.15, 0.2) is 0 Å². The van der Waals surface area contributed by atoms with E-state index in [0.717, 1.165) is 4.90 Å². The van der Waals surface area contributed by atoms with Crippen LogP contribution >= 0.6 is 0 Å². The molecule has 0 unspecified atom stereocenters. The highest BCUT2D eigenvalue weighted by atomic mass is 16.5. The zero-order valence-electron chi connectivity index (χ0n) is 12.4. The fraction of sp³-hybridized carbons (Fsp3) is 0.118. The zero-order chi connectivity index (χ0) is 16.4. The lowest BCUT2D eigenvalue weighted by atomic mass is 10.1. The van der Waals surface area contributed by atoms with Crippen molar-refractivity contribution in [1.29, 1.82) is 0 Å². The number of carbonyl (C=O) groups excluding carboxylic acids is 3. The van der Waals surface area contributed by atoms with E-state index >= 15 is 0 Å². The third-order valence-electron chi connectivity index (χ3n) is 3.55. The number of rotatable bonds is 4. The van der Waals surface area contributed by atoms with Crippen LogP contribution in [0.2, 0.25) is 0 Å². The highest BCUT2D eigenvalue weighted by Gasteiger charge is 2.36. The Morgan fingerprint density at radius 2 is 1.57 bits per heavy atom. The number of methoxy groups -OCH3 is 1. The Labute approximate surface area is 132 Å². The number of hydrogen-bond donors (Lipinski definition) is 1. The Kier molecular flexibility index (Phi) is 3.80. The van der Waals surface area contributed by atoms with E-state index in [2.05, 4.69) is 5.32 Å². The summed E-state index contributed by atoms with van der Waals surface area (Å²) < 4.78 is 5.04. The Hall–Kier alpha value is -3.15.